The number of halogens is 2. The number of carbonyl (C=O) groups excluding carboxylic acids is 1. The molecule has 0 fully saturated rings. The van der Waals surface area contributed by atoms with Gasteiger partial charge in [0.15, 0.2) is 0 Å². The zero-order valence-corrected chi connectivity index (χ0v) is 8.53. The topological polar surface area (TPSA) is 62.5 Å². The van der Waals surface area contributed by atoms with Gasteiger partial charge in [-0.05, 0) is 12.1 Å². The number of carbonyl (C=O) groups is 1. The van der Waals surface area contributed by atoms with Crippen molar-refractivity contribution in [3.63, 3.8) is 0 Å². The Balaban J connectivity index is 2.16. The fourth-order valence-electron chi connectivity index (χ4n) is 1.09. The predicted molar refractivity (Wildman–Crippen MR) is 52.0 cm³/mol. The van der Waals surface area contributed by atoms with Crippen LogP contribution in [0.2, 0.25) is 0 Å². The highest BCUT2D eigenvalue weighted by molar-refractivity contribution is 5.76. The molecule has 0 saturated carbocycles. The molecule has 0 aliphatic rings. The predicted octanol–water partition coefficient (Wildman–Crippen LogP) is 0.954. The minimum absolute atomic E-state index is 0.142. The molecule has 0 saturated heterocycles. The number of aliphatic hydroxyl groups is 1. The van der Waals surface area contributed by atoms with Gasteiger partial charge in [-0.2, -0.15) is 0 Å². The minimum atomic E-state index is -2.84. The molecule has 0 aromatic carbocycles. The van der Waals surface area contributed by atoms with Crippen LogP contribution in [0.4, 0.5) is 8.78 Å². The largest absolute Gasteiger partial charge is 0.469 e. The lowest BCUT2D eigenvalue weighted by Gasteiger charge is -2.10. The third-order valence-electron chi connectivity index (χ3n) is 1.98. The molecule has 1 atom stereocenters. The molecule has 6 heteroatoms. The number of alkyl halides is 2. The second-order valence-corrected chi connectivity index (χ2v) is 3.29. The quantitative estimate of drug-likeness (QED) is 0.769. The molecule has 0 spiro atoms. The van der Waals surface area contributed by atoms with Crippen LogP contribution in [0.5, 0.6) is 0 Å². The molecule has 2 N–H and O–H groups in total. The van der Waals surface area contributed by atoms with E-state index in [1.54, 1.807) is 12.1 Å². The summed E-state index contributed by atoms with van der Waals surface area (Å²) in [5.41, 5.74) is 0. The van der Waals surface area contributed by atoms with E-state index in [9.17, 15) is 13.6 Å². The summed E-state index contributed by atoms with van der Waals surface area (Å²) in [5, 5.41) is 11.0. The lowest BCUT2D eigenvalue weighted by Crippen LogP contribution is -2.35. The van der Waals surface area contributed by atoms with Gasteiger partial charge >= 0.3 is 0 Å². The summed E-state index contributed by atoms with van der Waals surface area (Å²) in [6, 6.07) is 3.43. The first-order chi connectivity index (χ1) is 7.59. The van der Waals surface area contributed by atoms with Gasteiger partial charge in [0, 0.05) is 19.4 Å². The Bertz CT molecular complexity index is 314. The number of nitrogens with one attached hydrogen (secondary N) is 1. The SMILES string of the molecule is O=C(CCc1ccco1)NCC(O)C(F)F. The highest BCUT2D eigenvalue weighted by atomic mass is 19.3. The van der Waals surface area contributed by atoms with Gasteiger partial charge in [0.05, 0.1) is 6.26 Å². The minimum Gasteiger partial charge on any atom is -0.469 e. The van der Waals surface area contributed by atoms with Gasteiger partial charge in [0.25, 0.3) is 6.43 Å². The van der Waals surface area contributed by atoms with Gasteiger partial charge in [-0.25, -0.2) is 8.78 Å². The molecule has 90 valence electrons. The molecule has 1 aromatic heterocycles. The number of amides is 1. The monoisotopic (exact) mass is 233 g/mol. The zero-order valence-electron chi connectivity index (χ0n) is 8.53. The first kappa shape index (κ1) is 12.6. The van der Waals surface area contributed by atoms with Crippen LogP contribution in [0.3, 0.4) is 0 Å². The van der Waals surface area contributed by atoms with Crippen LogP contribution in [0.25, 0.3) is 0 Å². The number of hydrogen-bond acceptors (Lipinski definition) is 3. The average Bonchev–Trinajstić information content (AvgIpc) is 2.75. The number of aliphatic hydroxyl groups excluding tert-OH is 1. The van der Waals surface area contributed by atoms with E-state index in [4.69, 9.17) is 9.52 Å². The summed E-state index contributed by atoms with van der Waals surface area (Å²) in [5.74, 6) is 0.264. The summed E-state index contributed by atoms with van der Waals surface area (Å²) in [4.78, 5) is 11.2. The van der Waals surface area contributed by atoms with E-state index < -0.39 is 25.0 Å². The van der Waals surface area contributed by atoms with Crippen molar-refractivity contribution in [2.75, 3.05) is 6.54 Å². The molecule has 1 rings (SSSR count). The van der Waals surface area contributed by atoms with Crippen LogP contribution in [-0.4, -0.2) is 30.1 Å². The summed E-state index contributed by atoms with van der Waals surface area (Å²) < 4.78 is 28.7. The number of furan rings is 1. The molecule has 0 radical (unpaired) electrons. The van der Waals surface area contributed by atoms with Crippen molar-refractivity contribution < 1.29 is 23.1 Å². The summed E-state index contributed by atoms with van der Waals surface area (Å²) in [6.45, 7) is -0.436. The third-order valence-corrected chi connectivity index (χ3v) is 1.98. The molecule has 0 bridgehead atoms. The number of rotatable bonds is 6. The first-order valence-corrected chi connectivity index (χ1v) is 4.85. The van der Waals surface area contributed by atoms with E-state index in [1.165, 1.54) is 6.26 Å². The van der Waals surface area contributed by atoms with Gasteiger partial charge < -0.3 is 14.8 Å². The van der Waals surface area contributed by atoms with Gasteiger partial charge in [0.2, 0.25) is 5.91 Å². The summed E-state index contributed by atoms with van der Waals surface area (Å²) in [6.07, 6.45) is -2.61. The van der Waals surface area contributed by atoms with Gasteiger partial charge in [-0.3, -0.25) is 4.79 Å². The normalized spacial score (nSPS) is 12.8. The van der Waals surface area contributed by atoms with Crippen molar-refractivity contribution in [3.05, 3.63) is 24.2 Å². The van der Waals surface area contributed by atoms with Gasteiger partial charge in [-0.15, -0.1) is 0 Å². The molecule has 1 unspecified atom stereocenters. The molecular weight excluding hydrogens is 220 g/mol. The van der Waals surface area contributed by atoms with Crippen LogP contribution < -0.4 is 5.32 Å². The van der Waals surface area contributed by atoms with E-state index in [-0.39, 0.29) is 6.42 Å². The Kier molecular flexibility index (Phi) is 4.91. The van der Waals surface area contributed by atoms with Crippen LogP contribution in [0.15, 0.2) is 22.8 Å². The third kappa shape index (κ3) is 4.39. The van der Waals surface area contributed by atoms with Crippen LogP contribution >= 0.6 is 0 Å². The van der Waals surface area contributed by atoms with Crippen molar-refractivity contribution in [2.24, 2.45) is 0 Å². The smallest absolute Gasteiger partial charge is 0.265 e. The van der Waals surface area contributed by atoms with Crippen molar-refractivity contribution >= 4 is 5.91 Å². The Labute approximate surface area is 91.3 Å². The highest BCUT2D eigenvalue weighted by Gasteiger charge is 2.17. The Morgan fingerprint density at radius 3 is 2.88 bits per heavy atom. The molecule has 16 heavy (non-hydrogen) atoms. The molecule has 1 amide bonds. The van der Waals surface area contributed by atoms with E-state index in [0.29, 0.717) is 12.2 Å². The molecular formula is C10H13F2NO3. The Morgan fingerprint density at radius 2 is 2.31 bits per heavy atom. The average molecular weight is 233 g/mol. The van der Waals surface area contributed by atoms with E-state index in [2.05, 4.69) is 5.32 Å². The molecule has 1 aromatic rings. The number of hydrogen-bond donors (Lipinski definition) is 2. The second kappa shape index (κ2) is 6.22. The van der Waals surface area contributed by atoms with E-state index in [1.807, 2.05) is 0 Å². The molecule has 4 nitrogen and oxygen atoms in total. The van der Waals surface area contributed by atoms with Crippen molar-refractivity contribution in [1.29, 1.82) is 0 Å². The second-order valence-electron chi connectivity index (χ2n) is 3.29. The summed E-state index contributed by atoms with van der Waals surface area (Å²) in [7, 11) is 0. The maximum absolute atomic E-state index is 11.9. The fraction of sp³-hybridized carbons (Fsp3) is 0.500. The fourth-order valence-corrected chi connectivity index (χ4v) is 1.09. The van der Waals surface area contributed by atoms with Gasteiger partial charge in [-0.1, -0.05) is 0 Å². The summed E-state index contributed by atoms with van der Waals surface area (Å²) >= 11 is 0. The standard InChI is InChI=1S/C10H13F2NO3/c11-10(12)8(14)6-13-9(15)4-3-7-2-1-5-16-7/h1-2,5,8,10,14H,3-4,6H2,(H,13,15). The van der Waals surface area contributed by atoms with Crippen molar-refractivity contribution in [2.45, 2.75) is 25.4 Å². The Hall–Kier alpha value is -1.43. The highest BCUT2D eigenvalue weighted by Crippen LogP contribution is 2.03. The van der Waals surface area contributed by atoms with Crippen molar-refractivity contribution in [3.8, 4) is 0 Å². The molecule has 0 aliphatic carbocycles. The Morgan fingerprint density at radius 1 is 1.56 bits per heavy atom. The van der Waals surface area contributed by atoms with E-state index >= 15 is 0 Å². The van der Waals surface area contributed by atoms with Crippen LogP contribution in [0.1, 0.15) is 12.2 Å². The van der Waals surface area contributed by atoms with Crippen molar-refractivity contribution in [1.82, 2.24) is 5.32 Å². The number of aryl methyl sites for hydroxylation is 1. The lowest BCUT2D eigenvalue weighted by molar-refractivity contribution is -0.122. The zero-order chi connectivity index (χ0) is 12.0. The lowest BCUT2D eigenvalue weighted by atomic mass is 10.2. The van der Waals surface area contributed by atoms with E-state index in [0.717, 1.165) is 0 Å². The maximum atomic E-state index is 11.9. The molecule has 1 heterocycles. The first-order valence-electron chi connectivity index (χ1n) is 4.85. The van der Waals surface area contributed by atoms with Crippen LogP contribution in [0, 0.1) is 0 Å². The maximum Gasteiger partial charge on any atom is 0.265 e. The van der Waals surface area contributed by atoms with Gasteiger partial charge in [0.1, 0.15) is 11.9 Å². The van der Waals surface area contributed by atoms with Crippen LogP contribution in [-0.2, 0) is 11.2 Å². The molecule has 0 aliphatic heterocycles.